The molecule has 1 aliphatic rings. The average molecular weight is 394 g/mol. The summed E-state index contributed by atoms with van der Waals surface area (Å²) in [5, 5.41) is 39.8. The molecule has 2 unspecified atom stereocenters. The Balaban J connectivity index is 1.88. The molecule has 0 bridgehead atoms. The summed E-state index contributed by atoms with van der Waals surface area (Å²) in [6.07, 6.45) is -1.41. The molecule has 1 saturated heterocycles. The van der Waals surface area contributed by atoms with Gasteiger partial charge >= 0.3 is 0 Å². The number of carbonyl (C=O) groups excluding carboxylic acids is 1. The molecule has 1 fully saturated rings. The Morgan fingerprint density at radius 2 is 1.97 bits per heavy atom. The van der Waals surface area contributed by atoms with Gasteiger partial charge in [0.25, 0.3) is 0 Å². The van der Waals surface area contributed by atoms with Gasteiger partial charge in [-0.05, 0) is 48.4 Å². The Morgan fingerprint density at radius 1 is 1.21 bits per heavy atom. The lowest BCUT2D eigenvalue weighted by molar-refractivity contribution is -0.116. The maximum atomic E-state index is 12.6. The van der Waals surface area contributed by atoms with Crippen molar-refractivity contribution >= 4 is 27.8 Å². The lowest BCUT2D eigenvalue weighted by atomic mass is 9.94. The number of allylic oxidation sites excluding steroid dienone is 2. The van der Waals surface area contributed by atoms with Gasteiger partial charge in [-0.15, -0.1) is 0 Å². The first-order valence-corrected chi connectivity index (χ1v) is 9.85. The number of nitrogens with zero attached hydrogens (tertiary/aromatic N) is 2. The molecule has 29 heavy (non-hydrogen) atoms. The number of anilines is 1. The zero-order valence-electron chi connectivity index (χ0n) is 16.5. The van der Waals surface area contributed by atoms with Gasteiger partial charge in [0, 0.05) is 30.6 Å². The van der Waals surface area contributed by atoms with E-state index in [2.05, 4.69) is 11.0 Å². The van der Waals surface area contributed by atoms with Crippen molar-refractivity contribution in [1.82, 2.24) is 0 Å². The maximum absolute atomic E-state index is 12.6. The summed E-state index contributed by atoms with van der Waals surface area (Å²) < 4.78 is 0. The highest BCUT2D eigenvalue weighted by Gasteiger charge is 2.21. The molecule has 1 heterocycles. The van der Waals surface area contributed by atoms with E-state index >= 15 is 0 Å². The van der Waals surface area contributed by atoms with Crippen molar-refractivity contribution in [2.24, 2.45) is 0 Å². The molecule has 2 atom stereocenters. The van der Waals surface area contributed by atoms with Crippen molar-refractivity contribution in [1.29, 1.82) is 5.26 Å². The number of fused-ring (bicyclic) bond motifs is 1. The number of hydrogen-bond acceptors (Lipinski definition) is 6. The molecular formula is C23H26N2O4. The third kappa shape index (κ3) is 4.48. The number of ketones is 1. The highest BCUT2D eigenvalue weighted by atomic mass is 16.4. The number of hydrogen-bond donors (Lipinski definition) is 3. The van der Waals surface area contributed by atoms with Crippen LogP contribution in [0.5, 0.6) is 0 Å². The second-order valence-corrected chi connectivity index (χ2v) is 7.44. The van der Waals surface area contributed by atoms with Crippen LogP contribution >= 0.6 is 0 Å². The lowest BCUT2D eigenvalue weighted by Crippen LogP contribution is -2.37. The highest BCUT2D eigenvalue weighted by molar-refractivity contribution is 6.07. The quantitative estimate of drug-likeness (QED) is 0.469. The van der Waals surface area contributed by atoms with Crippen molar-refractivity contribution < 1.29 is 20.1 Å². The minimum Gasteiger partial charge on any atom is -0.394 e. The molecule has 0 aliphatic carbocycles. The molecule has 2 aromatic carbocycles. The van der Waals surface area contributed by atoms with Crippen LogP contribution in [-0.4, -0.2) is 53.0 Å². The predicted molar refractivity (Wildman–Crippen MR) is 112 cm³/mol. The molecule has 3 rings (SSSR count). The number of Topliss-reactive ketones (excluding diaryl/α,β-unsaturated/α-hetero) is 1. The van der Waals surface area contributed by atoms with E-state index in [4.69, 9.17) is 5.11 Å². The third-order valence-electron chi connectivity index (χ3n) is 5.55. The fraction of sp³-hybridized carbons (Fsp3) is 0.391. The van der Waals surface area contributed by atoms with Gasteiger partial charge in [0.15, 0.2) is 5.78 Å². The molecule has 6 nitrogen and oxygen atoms in total. The van der Waals surface area contributed by atoms with Crippen LogP contribution in [0.15, 0.2) is 42.0 Å². The monoisotopic (exact) mass is 394 g/mol. The van der Waals surface area contributed by atoms with Gasteiger partial charge in [-0.25, -0.2) is 0 Å². The standard InChI is InChI=1S/C23H26N2O4/c1-15(19(13-24)21(27)8-9-22(28)23(29)14-26)17-7-6-16-4-2-5-20(18(16)12-17)25-10-3-11-25/h2,4-7,12,22-23,26,28-29H,3,8-11,14H2,1H3/b19-15+. The van der Waals surface area contributed by atoms with E-state index in [0.717, 1.165) is 35.1 Å². The Hall–Kier alpha value is -2.72. The second kappa shape index (κ2) is 9.19. The summed E-state index contributed by atoms with van der Waals surface area (Å²) in [7, 11) is 0. The Bertz CT molecular complexity index is 972. The van der Waals surface area contributed by atoms with Crippen LogP contribution in [0.1, 0.15) is 31.7 Å². The topological polar surface area (TPSA) is 105 Å². The van der Waals surface area contributed by atoms with Gasteiger partial charge < -0.3 is 20.2 Å². The van der Waals surface area contributed by atoms with Crippen molar-refractivity contribution in [3.8, 4) is 6.07 Å². The molecule has 1 aliphatic heterocycles. The minimum atomic E-state index is -1.29. The molecule has 152 valence electrons. The number of rotatable bonds is 8. The molecule has 6 heteroatoms. The summed E-state index contributed by atoms with van der Waals surface area (Å²) in [4.78, 5) is 14.9. The van der Waals surface area contributed by atoms with Gasteiger partial charge in [0.05, 0.1) is 18.3 Å². The van der Waals surface area contributed by atoms with E-state index in [0.29, 0.717) is 5.57 Å². The minimum absolute atomic E-state index is 0.0180. The summed E-state index contributed by atoms with van der Waals surface area (Å²) >= 11 is 0. The van der Waals surface area contributed by atoms with Gasteiger partial charge in [0.1, 0.15) is 12.2 Å². The van der Waals surface area contributed by atoms with Crippen LogP contribution < -0.4 is 4.90 Å². The normalized spacial score (nSPS) is 16.6. The first-order valence-electron chi connectivity index (χ1n) is 9.85. The Morgan fingerprint density at radius 3 is 2.59 bits per heavy atom. The zero-order valence-corrected chi connectivity index (χ0v) is 16.5. The van der Waals surface area contributed by atoms with Crippen LogP contribution in [0, 0.1) is 11.3 Å². The van der Waals surface area contributed by atoms with Crippen LogP contribution in [0.4, 0.5) is 5.69 Å². The van der Waals surface area contributed by atoms with Crippen LogP contribution in [0.2, 0.25) is 0 Å². The second-order valence-electron chi connectivity index (χ2n) is 7.44. The fourth-order valence-corrected chi connectivity index (χ4v) is 3.54. The van der Waals surface area contributed by atoms with Gasteiger partial charge in [-0.1, -0.05) is 24.3 Å². The molecule has 0 radical (unpaired) electrons. The van der Waals surface area contributed by atoms with E-state index in [1.54, 1.807) is 6.92 Å². The first kappa shape index (κ1) is 21.0. The molecule has 3 N–H and O–H groups in total. The number of aliphatic hydroxyl groups is 3. The summed E-state index contributed by atoms with van der Waals surface area (Å²) in [6, 6.07) is 14.1. The largest absolute Gasteiger partial charge is 0.394 e. The van der Waals surface area contributed by atoms with Crippen LogP contribution in [-0.2, 0) is 4.79 Å². The molecule has 0 spiro atoms. The summed E-state index contributed by atoms with van der Waals surface area (Å²) in [5.41, 5.74) is 2.62. The van der Waals surface area contributed by atoms with E-state index < -0.39 is 18.8 Å². The van der Waals surface area contributed by atoms with E-state index in [9.17, 15) is 20.3 Å². The number of aliphatic hydroxyl groups excluding tert-OH is 3. The van der Waals surface area contributed by atoms with Gasteiger partial charge in [-0.3, -0.25) is 4.79 Å². The average Bonchev–Trinajstić information content (AvgIpc) is 2.70. The van der Waals surface area contributed by atoms with Crippen molar-refractivity contribution in [2.75, 3.05) is 24.6 Å². The van der Waals surface area contributed by atoms with E-state index in [1.807, 2.05) is 36.4 Å². The number of carbonyl (C=O) groups is 1. The third-order valence-corrected chi connectivity index (χ3v) is 5.55. The molecular weight excluding hydrogens is 368 g/mol. The van der Waals surface area contributed by atoms with E-state index in [1.165, 1.54) is 6.42 Å². The predicted octanol–water partition coefficient (Wildman–Crippen LogP) is 2.41. The van der Waals surface area contributed by atoms with Gasteiger partial charge in [-0.2, -0.15) is 5.26 Å². The Labute approximate surface area is 170 Å². The van der Waals surface area contributed by atoms with Crippen molar-refractivity contribution in [2.45, 2.75) is 38.4 Å². The molecule has 0 aromatic heterocycles. The van der Waals surface area contributed by atoms with Gasteiger partial charge in [0.2, 0.25) is 0 Å². The smallest absolute Gasteiger partial charge is 0.173 e. The zero-order chi connectivity index (χ0) is 21.0. The highest BCUT2D eigenvalue weighted by Crippen LogP contribution is 2.32. The maximum Gasteiger partial charge on any atom is 0.173 e. The lowest BCUT2D eigenvalue weighted by Gasteiger charge is -2.34. The Kier molecular flexibility index (Phi) is 6.65. The van der Waals surface area contributed by atoms with Crippen molar-refractivity contribution in [3.05, 3.63) is 47.5 Å². The summed E-state index contributed by atoms with van der Waals surface area (Å²) in [5.74, 6) is -0.384. The number of nitriles is 1. The summed E-state index contributed by atoms with van der Waals surface area (Å²) in [6.45, 7) is 3.23. The first-order chi connectivity index (χ1) is 14.0. The molecule has 0 amide bonds. The van der Waals surface area contributed by atoms with Crippen LogP contribution in [0.3, 0.4) is 0 Å². The number of benzene rings is 2. The van der Waals surface area contributed by atoms with E-state index in [-0.39, 0.29) is 24.2 Å². The SMILES string of the molecule is C/C(=C(/C#N)C(=O)CCC(O)C(O)CO)c1ccc2cccc(N3CCC3)c2c1. The van der Waals surface area contributed by atoms with Crippen molar-refractivity contribution in [3.63, 3.8) is 0 Å². The molecule has 0 saturated carbocycles. The fourth-order valence-electron chi connectivity index (χ4n) is 3.54. The van der Waals surface area contributed by atoms with Crippen LogP contribution in [0.25, 0.3) is 16.3 Å². The molecule has 2 aromatic rings.